The summed E-state index contributed by atoms with van der Waals surface area (Å²) in [6, 6.07) is 9.64. The Balaban J connectivity index is 2.34. The summed E-state index contributed by atoms with van der Waals surface area (Å²) in [5.74, 6) is 0.824. The van der Waals surface area contributed by atoms with E-state index in [2.05, 4.69) is 9.97 Å². The van der Waals surface area contributed by atoms with E-state index in [0.29, 0.717) is 5.69 Å². The van der Waals surface area contributed by atoms with Crippen LogP contribution in [-0.2, 0) is 0 Å². The van der Waals surface area contributed by atoms with Crippen molar-refractivity contribution in [1.82, 2.24) is 14.4 Å². The Bertz CT molecular complexity index is 670. The highest BCUT2D eigenvalue weighted by Crippen LogP contribution is 2.21. The van der Waals surface area contributed by atoms with E-state index >= 15 is 0 Å². The van der Waals surface area contributed by atoms with Crippen LogP contribution in [0.15, 0.2) is 42.7 Å². The maximum atomic E-state index is 5.81. The van der Waals surface area contributed by atoms with Crippen molar-refractivity contribution in [2.75, 3.05) is 5.73 Å². The molecule has 0 aromatic carbocycles. The van der Waals surface area contributed by atoms with Crippen LogP contribution >= 0.6 is 0 Å². The largest absolute Gasteiger partial charge is 0.398 e. The van der Waals surface area contributed by atoms with Crippen molar-refractivity contribution in [3.63, 3.8) is 0 Å². The van der Waals surface area contributed by atoms with Crippen LogP contribution in [-0.4, -0.2) is 14.4 Å². The van der Waals surface area contributed by atoms with E-state index in [-0.39, 0.29) is 0 Å². The van der Waals surface area contributed by atoms with Crippen molar-refractivity contribution >= 4 is 11.2 Å². The van der Waals surface area contributed by atoms with Crippen molar-refractivity contribution in [1.29, 1.82) is 0 Å². The second-order valence-corrected chi connectivity index (χ2v) is 3.95. The Hall–Kier alpha value is -2.36. The van der Waals surface area contributed by atoms with Gasteiger partial charge in [0.1, 0.15) is 5.69 Å². The predicted octanol–water partition coefficient (Wildman–Crippen LogP) is 2.29. The van der Waals surface area contributed by atoms with Gasteiger partial charge in [-0.1, -0.05) is 6.07 Å². The second-order valence-electron chi connectivity index (χ2n) is 3.95. The molecule has 0 aliphatic heterocycles. The number of fused-ring (bicyclic) bond motifs is 1. The van der Waals surface area contributed by atoms with Gasteiger partial charge < -0.3 is 5.73 Å². The summed E-state index contributed by atoms with van der Waals surface area (Å²) in [6.45, 7) is 1.98. The van der Waals surface area contributed by atoms with E-state index in [0.717, 1.165) is 22.7 Å². The molecule has 0 fully saturated rings. The third kappa shape index (κ3) is 1.54. The third-order valence-corrected chi connectivity index (χ3v) is 2.74. The molecule has 0 saturated heterocycles. The number of aromatic nitrogens is 3. The molecule has 3 rings (SSSR count). The van der Waals surface area contributed by atoms with Crippen molar-refractivity contribution in [2.24, 2.45) is 0 Å². The molecular weight excluding hydrogens is 212 g/mol. The van der Waals surface area contributed by atoms with Crippen molar-refractivity contribution in [2.45, 2.75) is 6.92 Å². The minimum atomic E-state index is 0.715. The van der Waals surface area contributed by atoms with Gasteiger partial charge in [-0.15, -0.1) is 0 Å². The van der Waals surface area contributed by atoms with E-state index < -0.39 is 0 Å². The van der Waals surface area contributed by atoms with Crippen LogP contribution in [0.3, 0.4) is 0 Å². The van der Waals surface area contributed by atoms with Crippen LogP contribution in [0.1, 0.15) is 5.69 Å². The molecule has 3 heterocycles. The highest BCUT2D eigenvalue weighted by molar-refractivity contribution is 5.64. The number of rotatable bonds is 1. The molecule has 0 amide bonds. The standard InChI is InChI=1S/C13H12N4/c1-9-12-6-5-10(14)8-17(12)13(16-9)11-4-2-3-7-15-11/h2-8H,14H2,1H3. The number of nitrogens with zero attached hydrogens (tertiary/aromatic N) is 3. The maximum absolute atomic E-state index is 5.81. The maximum Gasteiger partial charge on any atom is 0.163 e. The van der Waals surface area contributed by atoms with Gasteiger partial charge in [0, 0.05) is 18.1 Å². The molecular formula is C13H12N4. The van der Waals surface area contributed by atoms with Crippen LogP contribution in [0.5, 0.6) is 0 Å². The zero-order valence-corrected chi connectivity index (χ0v) is 9.46. The Morgan fingerprint density at radius 3 is 2.82 bits per heavy atom. The van der Waals surface area contributed by atoms with Crippen LogP contribution in [0.2, 0.25) is 0 Å². The van der Waals surface area contributed by atoms with Crippen LogP contribution in [0, 0.1) is 6.92 Å². The van der Waals surface area contributed by atoms with Gasteiger partial charge in [0.05, 0.1) is 11.2 Å². The minimum Gasteiger partial charge on any atom is -0.398 e. The summed E-state index contributed by atoms with van der Waals surface area (Å²) in [5.41, 5.74) is 9.41. The Kier molecular flexibility index (Phi) is 2.08. The molecule has 4 heteroatoms. The molecule has 0 saturated carbocycles. The SMILES string of the molecule is Cc1nc(-c2ccccn2)n2cc(N)ccc12. The molecule has 3 aromatic rings. The summed E-state index contributed by atoms with van der Waals surface area (Å²) in [5, 5.41) is 0. The van der Waals surface area contributed by atoms with Gasteiger partial charge in [0.15, 0.2) is 5.82 Å². The number of pyridine rings is 2. The molecule has 0 unspecified atom stereocenters. The lowest BCUT2D eigenvalue weighted by atomic mass is 10.3. The van der Waals surface area contributed by atoms with Gasteiger partial charge in [-0.25, -0.2) is 4.98 Å². The van der Waals surface area contributed by atoms with Crippen molar-refractivity contribution < 1.29 is 0 Å². The molecule has 0 aliphatic carbocycles. The number of aryl methyl sites for hydroxylation is 1. The average molecular weight is 224 g/mol. The highest BCUT2D eigenvalue weighted by atomic mass is 15.0. The van der Waals surface area contributed by atoms with E-state index in [4.69, 9.17) is 5.73 Å². The quantitative estimate of drug-likeness (QED) is 0.690. The van der Waals surface area contributed by atoms with Crippen LogP contribution in [0.25, 0.3) is 17.0 Å². The first kappa shape index (κ1) is 9.84. The van der Waals surface area contributed by atoms with Gasteiger partial charge in [-0.3, -0.25) is 9.38 Å². The fourth-order valence-electron chi connectivity index (χ4n) is 1.93. The van der Waals surface area contributed by atoms with Gasteiger partial charge in [0.2, 0.25) is 0 Å². The molecule has 0 atom stereocenters. The lowest BCUT2D eigenvalue weighted by Crippen LogP contribution is -1.93. The summed E-state index contributed by atoms with van der Waals surface area (Å²) in [7, 11) is 0. The van der Waals surface area contributed by atoms with Gasteiger partial charge >= 0.3 is 0 Å². The highest BCUT2D eigenvalue weighted by Gasteiger charge is 2.10. The summed E-state index contributed by atoms with van der Waals surface area (Å²) in [6.07, 6.45) is 3.64. The molecule has 0 aliphatic rings. The fourth-order valence-corrected chi connectivity index (χ4v) is 1.93. The summed E-state index contributed by atoms with van der Waals surface area (Å²) >= 11 is 0. The molecule has 2 N–H and O–H groups in total. The number of imidazole rings is 1. The monoisotopic (exact) mass is 224 g/mol. The molecule has 4 nitrogen and oxygen atoms in total. The number of nitrogen functional groups attached to an aromatic ring is 1. The van der Waals surface area contributed by atoms with E-state index in [1.165, 1.54) is 0 Å². The third-order valence-electron chi connectivity index (χ3n) is 2.74. The summed E-state index contributed by atoms with van der Waals surface area (Å²) in [4.78, 5) is 8.86. The van der Waals surface area contributed by atoms with Crippen LogP contribution in [0.4, 0.5) is 5.69 Å². The molecule has 0 spiro atoms. The molecule has 0 bridgehead atoms. The number of nitrogens with two attached hydrogens (primary N) is 1. The summed E-state index contributed by atoms with van der Waals surface area (Å²) < 4.78 is 1.98. The zero-order chi connectivity index (χ0) is 11.8. The van der Waals surface area contributed by atoms with E-state index in [9.17, 15) is 0 Å². The number of hydrogen-bond acceptors (Lipinski definition) is 3. The van der Waals surface area contributed by atoms with E-state index in [1.807, 2.05) is 47.9 Å². The Labute approximate surface area is 98.8 Å². The first-order valence-electron chi connectivity index (χ1n) is 5.41. The van der Waals surface area contributed by atoms with Gasteiger partial charge in [-0.05, 0) is 31.2 Å². The minimum absolute atomic E-state index is 0.715. The number of anilines is 1. The number of hydrogen-bond donors (Lipinski definition) is 1. The molecule has 0 radical (unpaired) electrons. The molecule has 17 heavy (non-hydrogen) atoms. The smallest absolute Gasteiger partial charge is 0.163 e. The Morgan fingerprint density at radius 1 is 1.18 bits per heavy atom. The topological polar surface area (TPSA) is 56.2 Å². The Morgan fingerprint density at radius 2 is 2.06 bits per heavy atom. The fraction of sp³-hybridized carbons (Fsp3) is 0.0769. The molecule has 84 valence electrons. The van der Waals surface area contributed by atoms with Gasteiger partial charge in [0.25, 0.3) is 0 Å². The first-order chi connectivity index (χ1) is 8.25. The van der Waals surface area contributed by atoms with E-state index in [1.54, 1.807) is 6.20 Å². The average Bonchev–Trinajstić information content (AvgIpc) is 2.67. The first-order valence-corrected chi connectivity index (χ1v) is 5.41. The predicted molar refractivity (Wildman–Crippen MR) is 67.6 cm³/mol. The second kappa shape index (κ2) is 3.59. The lowest BCUT2D eigenvalue weighted by Gasteiger charge is -2.01. The normalized spacial score (nSPS) is 10.9. The lowest BCUT2D eigenvalue weighted by molar-refractivity contribution is 1.13. The van der Waals surface area contributed by atoms with Crippen LogP contribution < -0.4 is 5.73 Å². The van der Waals surface area contributed by atoms with Crippen molar-refractivity contribution in [3.8, 4) is 11.5 Å². The van der Waals surface area contributed by atoms with Gasteiger partial charge in [-0.2, -0.15) is 0 Å². The molecule has 3 aromatic heterocycles. The van der Waals surface area contributed by atoms with Crippen molar-refractivity contribution in [3.05, 3.63) is 48.4 Å². The zero-order valence-electron chi connectivity index (χ0n) is 9.46.